The van der Waals surface area contributed by atoms with Crippen LogP contribution in [-0.2, 0) is 0 Å². The zero-order chi connectivity index (χ0) is 11.5. The maximum Gasteiger partial charge on any atom is 0.126 e. The van der Waals surface area contributed by atoms with Gasteiger partial charge in [-0.2, -0.15) is 5.26 Å². The number of methoxy groups -OCH3 is 1. The summed E-state index contributed by atoms with van der Waals surface area (Å²) < 4.78 is 5.24. The molecule has 0 heterocycles. The molecule has 0 radical (unpaired) electrons. The molecule has 0 aromatic heterocycles. The first-order valence-electron chi connectivity index (χ1n) is 5.24. The van der Waals surface area contributed by atoms with Crippen LogP contribution < -0.4 is 10.1 Å². The highest BCUT2D eigenvalue weighted by Gasteiger charge is 2.27. The number of nitrogens with one attached hydrogen (secondary N) is 1. The molecule has 2 rings (SSSR count). The maximum absolute atomic E-state index is 9.17. The SMILES string of the molecule is COc1cccc(Cl)c1C(C#N)NC1CC1. The molecule has 0 spiro atoms. The van der Waals surface area contributed by atoms with Gasteiger partial charge in [-0.1, -0.05) is 17.7 Å². The molecule has 1 unspecified atom stereocenters. The molecule has 1 N–H and O–H groups in total. The van der Waals surface area contributed by atoms with Crippen molar-refractivity contribution in [3.05, 3.63) is 28.8 Å². The molecule has 4 heteroatoms. The van der Waals surface area contributed by atoms with Crippen LogP contribution >= 0.6 is 11.6 Å². The van der Waals surface area contributed by atoms with Crippen molar-refractivity contribution in [2.75, 3.05) is 7.11 Å². The van der Waals surface area contributed by atoms with Gasteiger partial charge in [-0.3, -0.25) is 5.32 Å². The Bertz CT molecular complexity index is 424. The van der Waals surface area contributed by atoms with Crippen LogP contribution in [0.3, 0.4) is 0 Å². The summed E-state index contributed by atoms with van der Waals surface area (Å²) in [6, 6.07) is 7.70. The van der Waals surface area contributed by atoms with Gasteiger partial charge in [0.1, 0.15) is 11.8 Å². The average Bonchev–Trinajstić information content (AvgIpc) is 3.10. The summed E-state index contributed by atoms with van der Waals surface area (Å²) >= 11 is 6.11. The first kappa shape index (κ1) is 11.3. The summed E-state index contributed by atoms with van der Waals surface area (Å²) in [6.07, 6.45) is 2.26. The lowest BCUT2D eigenvalue weighted by molar-refractivity contribution is 0.405. The predicted octanol–water partition coefficient (Wildman–Crippen LogP) is 2.67. The van der Waals surface area contributed by atoms with Crippen LogP contribution in [-0.4, -0.2) is 13.2 Å². The van der Waals surface area contributed by atoms with E-state index >= 15 is 0 Å². The van der Waals surface area contributed by atoms with Crippen LogP contribution in [0.25, 0.3) is 0 Å². The zero-order valence-electron chi connectivity index (χ0n) is 9.03. The second kappa shape index (κ2) is 4.73. The van der Waals surface area contributed by atoms with Crippen LogP contribution in [0.2, 0.25) is 5.02 Å². The molecule has 0 saturated heterocycles. The lowest BCUT2D eigenvalue weighted by atomic mass is 10.1. The summed E-state index contributed by atoms with van der Waals surface area (Å²) in [7, 11) is 1.58. The molecular weight excluding hydrogens is 224 g/mol. The molecule has 1 saturated carbocycles. The second-order valence-electron chi connectivity index (χ2n) is 3.86. The zero-order valence-corrected chi connectivity index (χ0v) is 9.79. The second-order valence-corrected chi connectivity index (χ2v) is 4.27. The van der Waals surface area contributed by atoms with Gasteiger partial charge in [-0.15, -0.1) is 0 Å². The molecule has 1 atom stereocenters. The lowest BCUT2D eigenvalue weighted by Gasteiger charge is -2.16. The fourth-order valence-electron chi connectivity index (χ4n) is 1.65. The molecule has 0 amide bonds. The summed E-state index contributed by atoms with van der Waals surface area (Å²) in [5.74, 6) is 0.659. The number of nitrogens with zero attached hydrogens (tertiary/aromatic N) is 1. The third-order valence-corrected chi connectivity index (χ3v) is 2.96. The van der Waals surface area contributed by atoms with Crippen molar-refractivity contribution >= 4 is 11.6 Å². The number of rotatable bonds is 4. The van der Waals surface area contributed by atoms with Gasteiger partial charge in [0.25, 0.3) is 0 Å². The predicted molar refractivity (Wildman–Crippen MR) is 62.5 cm³/mol. The van der Waals surface area contributed by atoms with Crippen molar-refractivity contribution in [1.29, 1.82) is 5.26 Å². The highest BCUT2D eigenvalue weighted by atomic mass is 35.5. The Morgan fingerprint density at radius 3 is 2.88 bits per heavy atom. The summed E-state index contributed by atoms with van der Waals surface area (Å²) in [5.41, 5.74) is 0.737. The average molecular weight is 237 g/mol. The smallest absolute Gasteiger partial charge is 0.126 e. The molecule has 1 aromatic carbocycles. The van der Waals surface area contributed by atoms with Gasteiger partial charge in [0, 0.05) is 11.6 Å². The highest BCUT2D eigenvalue weighted by Crippen LogP contribution is 2.34. The van der Waals surface area contributed by atoms with Crippen molar-refractivity contribution in [1.82, 2.24) is 5.32 Å². The summed E-state index contributed by atoms with van der Waals surface area (Å²) in [6.45, 7) is 0. The molecule has 0 aliphatic heterocycles. The summed E-state index contributed by atoms with van der Waals surface area (Å²) in [4.78, 5) is 0. The van der Waals surface area contributed by atoms with Gasteiger partial charge in [-0.05, 0) is 25.0 Å². The summed E-state index contributed by atoms with van der Waals surface area (Å²) in [5, 5.41) is 13.0. The monoisotopic (exact) mass is 236 g/mol. The van der Waals surface area contributed by atoms with E-state index in [-0.39, 0.29) is 0 Å². The van der Waals surface area contributed by atoms with Crippen molar-refractivity contribution in [2.45, 2.75) is 24.9 Å². The minimum atomic E-state index is -0.392. The van der Waals surface area contributed by atoms with E-state index in [0.717, 1.165) is 18.4 Å². The Balaban J connectivity index is 2.31. The van der Waals surface area contributed by atoms with Crippen LogP contribution in [0.15, 0.2) is 18.2 Å². The van der Waals surface area contributed by atoms with Crippen molar-refractivity contribution in [3.8, 4) is 11.8 Å². The van der Waals surface area contributed by atoms with Gasteiger partial charge in [0.05, 0.1) is 18.2 Å². The van der Waals surface area contributed by atoms with Crippen molar-refractivity contribution in [2.24, 2.45) is 0 Å². The molecule has 1 aromatic rings. The molecule has 16 heavy (non-hydrogen) atoms. The van der Waals surface area contributed by atoms with Gasteiger partial charge in [-0.25, -0.2) is 0 Å². The third kappa shape index (κ3) is 2.29. The number of benzene rings is 1. The first-order chi connectivity index (χ1) is 7.76. The van der Waals surface area contributed by atoms with E-state index in [1.54, 1.807) is 13.2 Å². The van der Waals surface area contributed by atoms with Crippen LogP contribution in [0.4, 0.5) is 0 Å². The van der Waals surface area contributed by atoms with Crippen LogP contribution in [0, 0.1) is 11.3 Å². The van der Waals surface area contributed by atoms with Gasteiger partial charge in [0.15, 0.2) is 0 Å². The fraction of sp³-hybridized carbons (Fsp3) is 0.417. The number of nitriles is 1. The van der Waals surface area contributed by atoms with Crippen molar-refractivity contribution in [3.63, 3.8) is 0 Å². The van der Waals surface area contributed by atoms with E-state index in [9.17, 15) is 5.26 Å². The number of halogens is 1. The lowest BCUT2D eigenvalue weighted by Crippen LogP contribution is -2.22. The third-order valence-electron chi connectivity index (χ3n) is 2.63. The Kier molecular flexibility index (Phi) is 3.33. The Morgan fingerprint density at radius 1 is 1.56 bits per heavy atom. The van der Waals surface area contributed by atoms with Gasteiger partial charge >= 0.3 is 0 Å². The molecule has 1 aliphatic rings. The largest absolute Gasteiger partial charge is 0.496 e. The maximum atomic E-state index is 9.17. The number of hydrogen-bond donors (Lipinski definition) is 1. The number of hydrogen-bond acceptors (Lipinski definition) is 3. The van der Waals surface area contributed by atoms with Gasteiger partial charge < -0.3 is 4.74 Å². The standard InChI is InChI=1S/C12H13ClN2O/c1-16-11-4-2-3-9(13)12(11)10(7-14)15-8-5-6-8/h2-4,8,10,15H,5-6H2,1H3. The van der Waals surface area contributed by atoms with E-state index in [0.29, 0.717) is 16.8 Å². The highest BCUT2D eigenvalue weighted by molar-refractivity contribution is 6.31. The van der Waals surface area contributed by atoms with Crippen LogP contribution in [0.1, 0.15) is 24.4 Å². The van der Waals surface area contributed by atoms with E-state index < -0.39 is 6.04 Å². The minimum Gasteiger partial charge on any atom is -0.496 e. The molecule has 84 valence electrons. The van der Waals surface area contributed by atoms with Gasteiger partial charge in [0.2, 0.25) is 0 Å². The molecular formula is C12H13ClN2O. The Hall–Kier alpha value is -1.24. The van der Waals surface area contributed by atoms with Crippen LogP contribution in [0.5, 0.6) is 5.75 Å². The van der Waals surface area contributed by atoms with E-state index in [4.69, 9.17) is 16.3 Å². The molecule has 0 bridgehead atoms. The van der Waals surface area contributed by atoms with E-state index in [1.165, 1.54) is 0 Å². The molecule has 3 nitrogen and oxygen atoms in total. The molecule has 1 aliphatic carbocycles. The van der Waals surface area contributed by atoms with Crippen molar-refractivity contribution < 1.29 is 4.74 Å². The normalized spacial score (nSPS) is 16.6. The fourth-order valence-corrected chi connectivity index (χ4v) is 1.92. The number of ether oxygens (including phenoxy) is 1. The quantitative estimate of drug-likeness (QED) is 0.874. The first-order valence-corrected chi connectivity index (χ1v) is 5.62. The Labute approximate surface area is 100.0 Å². The minimum absolute atomic E-state index is 0.392. The van der Waals surface area contributed by atoms with E-state index in [2.05, 4.69) is 11.4 Å². The Morgan fingerprint density at radius 2 is 2.31 bits per heavy atom. The molecule has 1 fully saturated rings. The topological polar surface area (TPSA) is 45.0 Å². The van der Waals surface area contributed by atoms with E-state index in [1.807, 2.05) is 12.1 Å².